The second-order valence-corrected chi connectivity index (χ2v) is 8.98. The van der Waals surface area contributed by atoms with Gasteiger partial charge in [0, 0.05) is 12.5 Å². The predicted molar refractivity (Wildman–Crippen MR) is 103 cm³/mol. The van der Waals surface area contributed by atoms with E-state index in [1.807, 2.05) is 0 Å². The molecule has 1 saturated heterocycles. The molecule has 1 fully saturated rings. The summed E-state index contributed by atoms with van der Waals surface area (Å²) >= 11 is 0. The van der Waals surface area contributed by atoms with Crippen LogP contribution in [0.1, 0.15) is 39.7 Å². The van der Waals surface area contributed by atoms with Crippen molar-refractivity contribution in [3.05, 3.63) is 23.5 Å². The van der Waals surface area contributed by atoms with Crippen molar-refractivity contribution in [3.63, 3.8) is 0 Å². The minimum atomic E-state index is -4.29. The van der Waals surface area contributed by atoms with E-state index >= 15 is 0 Å². The first-order valence-corrected chi connectivity index (χ1v) is 10.1. The Balaban J connectivity index is 2.16. The molecule has 11 heteroatoms. The Morgan fingerprint density at radius 3 is 2.66 bits per heavy atom. The monoisotopic (exact) mass is 427 g/mol. The molecule has 0 saturated carbocycles. The quantitative estimate of drug-likeness (QED) is 0.626. The Kier molecular flexibility index (Phi) is 6.27. The minimum Gasteiger partial charge on any atom is -0.506 e. The second kappa shape index (κ2) is 8.16. The first-order chi connectivity index (χ1) is 13.3. The Bertz CT molecular complexity index is 991. The smallest absolute Gasteiger partial charge is 0.407 e. The number of hydrogen-bond acceptors (Lipinski definition) is 6. The van der Waals surface area contributed by atoms with Crippen LogP contribution in [0.15, 0.2) is 12.1 Å². The number of aromatic hydroxyl groups is 1. The van der Waals surface area contributed by atoms with Crippen LogP contribution in [0.2, 0.25) is 0 Å². The first-order valence-electron chi connectivity index (χ1n) is 8.63. The van der Waals surface area contributed by atoms with Crippen molar-refractivity contribution in [2.45, 2.75) is 45.8 Å². The molecule has 29 heavy (non-hydrogen) atoms. The summed E-state index contributed by atoms with van der Waals surface area (Å²) < 4.78 is 45.9. The molecule has 1 aliphatic rings. The highest BCUT2D eigenvalue weighted by Crippen LogP contribution is 2.34. The Morgan fingerprint density at radius 2 is 2.10 bits per heavy atom. The van der Waals surface area contributed by atoms with Crippen LogP contribution in [-0.2, 0) is 19.7 Å². The highest BCUT2D eigenvalue weighted by atomic mass is 32.2. The number of nitrogens with zero attached hydrogens (tertiary/aromatic N) is 1. The van der Waals surface area contributed by atoms with E-state index < -0.39 is 57.7 Å². The maximum Gasteiger partial charge on any atom is 0.407 e. The Hall–Kier alpha value is -3.00. The number of carbonyl (C=O) groups excluding carboxylic acids is 2. The fraction of sp³-hybridized carbons (Fsp3) is 0.444. The number of halogens is 1. The zero-order valence-electron chi connectivity index (χ0n) is 16.4. The van der Waals surface area contributed by atoms with Gasteiger partial charge in [0.2, 0.25) is 0 Å². The molecule has 2 amide bonds. The summed E-state index contributed by atoms with van der Waals surface area (Å²) in [6.07, 6.45) is -0.446. The number of ether oxygens (including phenoxy) is 1. The lowest BCUT2D eigenvalue weighted by Gasteiger charge is -2.21. The van der Waals surface area contributed by atoms with E-state index in [-0.39, 0.29) is 12.0 Å². The fourth-order valence-corrected chi connectivity index (χ4v) is 3.56. The van der Waals surface area contributed by atoms with Crippen LogP contribution in [0.3, 0.4) is 0 Å². The lowest BCUT2D eigenvalue weighted by Crippen LogP contribution is -2.37. The van der Waals surface area contributed by atoms with E-state index in [0.29, 0.717) is 4.31 Å². The third kappa shape index (κ3) is 5.74. The molecule has 0 aliphatic carbocycles. The van der Waals surface area contributed by atoms with Crippen molar-refractivity contribution in [1.29, 1.82) is 0 Å². The standard InChI is InChI=1S/C18H22FN3O6S/c1-11(20-17(25)28-18(2,3)4)6-5-7-12-8-9-13(23)16(15(12)19)22-10-14(24)21-29(22,26)27/h8-9,11,23H,6,10H2,1-4H3,(H,20,25)(H,21,24)/t11-/m0/s1. The Morgan fingerprint density at radius 1 is 1.45 bits per heavy atom. The number of benzene rings is 1. The molecule has 0 bridgehead atoms. The van der Waals surface area contributed by atoms with E-state index in [9.17, 15) is 27.5 Å². The molecule has 3 N–H and O–H groups in total. The van der Waals surface area contributed by atoms with Gasteiger partial charge in [0.1, 0.15) is 23.6 Å². The Labute approximate surface area is 168 Å². The third-order valence-electron chi connectivity index (χ3n) is 3.56. The van der Waals surface area contributed by atoms with Gasteiger partial charge in [-0.05, 0) is 39.8 Å². The molecule has 0 unspecified atom stereocenters. The van der Waals surface area contributed by atoms with Crippen molar-refractivity contribution >= 4 is 27.9 Å². The van der Waals surface area contributed by atoms with Gasteiger partial charge in [-0.15, -0.1) is 0 Å². The molecule has 9 nitrogen and oxygen atoms in total. The molecule has 0 aromatic heterocycles. The molecular weight excluding hydrogens is 405 g/mol. The van der Waals surface area contributed by atoms with Gasteiger partial charge in [-0.3, -0.25) is 4.79 Å². The highest BCUT2D eigenvalue weighted by molar-refractivity contribution is 7.92. The summed E-state index contributed by atoms with van der Waals surface area (Å²) in [4.78, 5) is 23.1. The van der Waals surface area contributed by atoms with E-state index in [1.54, 1.807) is 32.4 Å². The molecule has 1 aromatic rings. The van der Waals surface area contributed by atoms with Crippen molar-refractivity contribution in [3.8, 4) is 17.6 Å². The van der Waals surface area contributed by atoms with Gasteiger partial charge < -0.3 is 15.2 Å². The molecule has 0 spiro atoms. The van der Waals surface area contributed by atoms with Crippen LogP contribution in [0.5, 0.6) is 5.75 Å². The third-order valence-corrected chi connectivity index (χ3v) is 4.94. The fourth-order valence-electron chi connectivity index (χ4n) is 2.39. The SMILES string of the molecule is C[C@@H](CC#Cc1ccc(O)c(N2CC(=O)NS2(=O)=O)c1F)NC(=O)OC(C)(C)C. The van der Waals surface area contributed by atoms with Crippen molar-refractivity contribution < 1.29 is 32.2 Å². The average Bonchev–Trinajstić information content (AvgIpc) is 2.80. The van der Waals surface area contributed by atoms with Gasteiger partial charge in [0.15, 0.2) is 5.82 Å². The van der Waals surface area contributed by atoms with Crippen LogP contribution in [0.4, 0.5) is 14.9 Å². The predicted octanol–water partition coefficient (Wildman–Crippen LogP) is 1.37. The van der Waals surface area contributed by atoms with Gasteiger partial charge in [-0.2, -0.15) is 8.42 Å². The van der Waals surface area contributed by atoms with Crippen molar-refractivity contribution in [1.82, 2.24) is 10.0 Å². The van der Waals surface area contributed by atoms with Crippen LogP contribution >= 0.6 is 0 Å². The van der Waals surface area contributed by atoms with Gasteiger partial charge in [-0.1, -0.05) is 11.8 Å². The number of phenolic OH excluding ortho intramolecular Hbond substituents is 1. The summed E-state index contributed by atoms with van der Waals surface area (Å²) in [5.41, 5.74) is -1.47. The summed E-state index contributed by atoms with van der Waals surface area (Å²) in [6.45, 7) is 6.22. The number of amides is 2. The molecule has 0 radical (unpaired) electrons. The summed E-state index contributed by atoms with van der Waals surface area (Å²) in [5, 5.41) is 12.5. The topological polar surface area (TPSA) is 125 Å². The van der Waals surface area contributed by atoms with E-state index in [1.165, 1.54) is 6.07 Å². The molecular formula is C18H22FN3O6S. The maximum atomic E-state index is 14.8. The number of phenols is 1. The van der Waals surface area contributed by atoms with Crippen LogP contribution in [-0.4, -0.2) is 43.7 Å². The second-order valence-electron chi connectivity index (χ2n) is 7.38. The molecule has 1 atom stereocenters. The molecule has 2 rings (SSSR count). The van der Waals surface area contributed by atoms with Gasteiger partial charge >= 0.3 is 16.3 Å². The summed E-state index contributed by atoms with van der Waals surface area (Å²) in [6, 6.07) is 1.88. The number of rotatable bonds is 3. The number of alkyl carbamates (subject to hydrolysis) is 1. The minimum absolute atomic E-state index is 0.164. The van der Waals surface area contributed by atoms with E-state index in [4.69, 9.17) is 4.74 Å². The largest absolute Gasteiger partial charge is 0.506 e. The lowest BCUT2D eigenvalue weighted by atomic mass is 10.1. The van der Waals surface area contributed by atoms with Crippen LogP contribution < -0.4 is 14.3 Å². The molecule has 1 heterocycles. The zero-order chi connectivity index (χ0) is 22.0. The molecule has 1 aromatic carbocycles. The normalized spacial score (nSPS) is 16.4. The molecule has 158 valence electrons. The van der Waals surface area contributed by atoms with Crippen molar-refractivity contribution in [2.24, 2.45) is 0 Å². The first kappa shape index (κ1) is 22.3. The lowest BCUT2D eigenvalue weighted by molar-refractivity contribution is -0.117. The number of carbonyl (C=O) groups is 2. The van der Waals surface area contributed by atoms with Gasteiger partial charge in [-0.25, -0.2) is 18.2 Å². The van der Waals surface area contributed by atoms with Crippen LogP contribution in [0.25, 0.3) is 0 Å². The summed E-state index contributed by atoms with van der Waals surface area (Å²) in [7, 11) is -4.29. The average molecular weight is 427 g/mol. The number of hydrogen-bond donors (Lipinski definition) is 3. The molecule has 1 aliphatic heterocycles. The number of anilines is 1. The highest BCUT2D eigenvalue weighted by Gasteiger charge is 2.37. The number of nitrogens with one attached hydrogen (secondary N) is 2. The van der Waals surface area contributed by atoms with Crippen molar-refractivity contribution in [2.75, 3.05) is 10.8 Å². The van der Waals surface area contributed by atoms with E-state index in [2.05, 4.69) is 17.2 Å². The van der Waals surface area contributed by atoms with Gasteiger partial charge in [0.25, 0.3) is 5.91 Å². The van der Waals surface area contributed by atoms with E-state index in [0.717, 1.165) is 6.07 Å². The zero-order valence-corrected chi connectivity index (χ0v) is 17.2. The van der Waals surface area contributed by atoms with Crippen LogP contribution in [0, 0.1) is 17.7 Å². The maximum absolute atomic E-state index is 14.8. The summed E-state index contributed by atoms with van der Waals surface area (Å²) in [5.74, 6) is 2.66. The van der Waals surface area contributed by atoms with Gasteiger partial charge in [0.05, 0.1) is 5.56 Å².